The van der Waals surface area contributed by atoms with Gasteiger partial charge in [0.15, 0.2) is 0 Å². The smallest absolute Gasteiger partial charge is 0.0645 e. The van der Waals surface area contributed by atoms with E-state index >= 15 is 0 Å². The van der Waals surface area contributed by atoms with Crippen LogP contribution in [-0.4, -0.2) is 18.3 Å². The summed E-state index contributed by atoms with van der Waals surface area (Å²) in [6.45, 7) is -2.14. The highest BCUT2D eigenvalue weighted by Gasteiger charge is 2.26. The Morgan fingerprint density at radius 3 is 0.881 bits per heavy atom. The second-order valence-corrected chi connectivity index (χ2v) is 28.8. The molecule has 4 heterocycles. The van der Waals surface area contributed by atoms with Gasteiger partial charge in [-0.15, -0.1) is 0 Å². The van der Waals surface area contributed by atoms with E-state index in [0.717, 1.165) is 110 Å². The molecule has 18 aromatic carbocycles. The third kappa shape index (κ3) is 9.26. The van der Waals surface area contributed by atoms with E-state index in [1.165, 1.54) is 105 Å². The number of nitrogens with zero attached hydrogens (tertiary/aromatic N) is 4. The van der Waals surface area contributed by atoms with Gasteiger partial charge in [-0.2, -0.15) is 0 Å². The maximum absolute atomic E-state index is 8.78. The van der Waals surface area contributed by atoms with Crippen molar-refractivity contribution in [2.24, 2.45) is 0 Å². The molecule has 22 aromatic rings. The number of para-hydroxylation sites is 5. The van der Waals surface area contributed by atoms with Crippen LogP contribution in [0.1, 0.15) is 16.5 Å². The first-order chi connectivity index (χ1) is 57.3. The van der Waals surface area contributed by atoms with Crippen molar-refractivity contribution in [3.05, 3.63) is 388 Å². The topological polar surface area (TPSA) is 19.7 Å². The first-order valence-corrected chi connectivity index (χ1v) is 37.1. The Morgan fingerprint density at radius 2 is 0.495 bits per heavy atom. The lowest BCUT2D eigenvalue weighted by molar-refractivity contribution is 1.17. The van der Waals surface area contributed by atoms with Gasteiger partial charge < -0.3 is 18.3 Å². The molecule has 0 spiro atoms. The molecule has 4 aromatic heterocycles. The Morgan fingerprint density at radius 1 is 0.193 bits per heavy atom. The van der Waals surface area contributed by atoms with Crippen molar-refractivity contribution in [1.29, 1.82) is 0 Å². The van der Waals surface area contributed by atoms with Crippen LogP contribution < -0.4 is 0 Å². The number of aromatic nitrogens is 4. The summed E-state index contributed by atoms with van der Waals surface area (Å²) in [4.78, 5) is 0. The van der Waals surface area contributed by atoms with Crippen LogP contribution in [-0.2, 0) is 0 Å². The van der Waals surface area contributed by atoms with Gasteiger partial charge in [-0.1, -0.05) is 266 Å². The fourth-order valence-electron chi connectivity index (χ4n) is 18.4. The Balaban J connectivity index is 0.000000138. The number of benzene rings is 18. The number of hydrogen-bond acceptors (Lipinski definition) is 0. The van der Waals surface area contributed by atoms with Crippen LogP contribution in [0.2, 0.25) is 0 Å². The molecule has 4 nitrogen and oxygen atoms in total. The fraction of sp³-hybridized carbons (Fsp3) is 0.00952. The molecule has 0 unspecified atom stereocenters. The molecule has 109 heavy (non-hydrogen) atoms. The molecule has 4 heteroatoms. The predicted octanol–water partition coefficient (Wildman–Crippen LogP) is 28.3. The quantitative estimate of drug-likeness (QED) is 0.144. The first kappa shape index (κ1) is 53.5. The fourth-order valence-corrected chi connectivity index (χ4v) is 18.4. The zero-order chi connectivity index (χ0) is 78.4. The van der Waals surface area contributed by atoms with E-state index < -0.39 is 12.9 Å². The van der Waals surface area contributed by atoms with E-state index in [1.54, 1.807) is 12.1 Å². The molecule has 0 atom stereocenters. The third-order valence-electron chi connectivity index (χ3n) is 23.1. The Hall–Kier alpha value is -14.3. The van der Waals surface area contributed by atoms with Gasteiger partial charge in [-0.3, -0.25) is 0 Å². The summed E-state index contributed by atoms with van der Waals surface area (Å²) in [5.41, 5.74) is 31.5. The maximum atomic E-state index is 8.78. The van der Waals surface area contributed by atoms with Gasteiger partial charge in [0.05, 0.1) is 51.0 Å². The van der Waals surface area contributed by atoms with Gasteiger partial charge in [-0.05, 0) is 239 Å². The van der Waals surface area contributed by atoms with Gasteiger partial charge in [-0.25, -0.2) is 0 Å². The molecule has 0 saturated heterocycles. The van der Waals surface area contributed by atoms with Gasteiger partial charge in [0.25, 0.3) is 0 Å². The molecule has 2 aliphatic carbocycles. The average molecular weight is 1390 g/mol. The van der Waals surface area contributed by atoms with E-state index in [0.29, 0.717) is 5.56 Å². The zero-order valence-corrected chi connectivity index (χ0v) is 58.8. The van der Waals surface area contributed by atoms with E-state index in [2.05, 4.69) is 311 Å². The summed E-state index contributed by atoms with van der Waals surface area (Å²) in [6.07, 6.45) is 0. The highest BCUT2D eigenvalue weighted by Crippen LogP contribution is 2.52. The summed E-state index contributed by atoms with van der Waals surface area (Å²) in [6, 6.07) is 124. The van der Waals surface area contributed by atoms with Gasteiger partial charge in [0, 0.05) is 70.0 Å². The summed E-state index contributed by atoms with van der Waals surface area (Å²) < 4.78 is 74.8. The van der Waals surface area contributed by atoms with E-state index in [1.807, 2.05) is 47.0 Å². The second-order valence-electron chi connectivity index (χ2n) is 28.8. The van der Waals surface area contributed by atoms with Crippen molar-refractivity contribution in [1.82, 2.24) is 18.3 Å². The Kier molecular flexibility index (Phi) is 11.7. The number of hydrogen-bond donors (Lipinski definition) is 0. The maximum Gasteiger partial charge on any atom is 0.0645 e. The van der Waals surface area contributed by atoms with Crippen molar-refractivity contribution in [3.63, 3.8) is 0 Å². The summed E-state index contributed by atoms with van der Waals surface area (Å²) in [7, 11) is 0. The molecule has 0 aliphatic heterocycles. The highest BCUT2D eigenvalue weighted by molar-refractivity contribution is 6.21. The normalized spacial score (nSPS) is 13.2. The molecule has 24 rings (SSSR count). The minimum atomic E-state index is -2.14. The summed E-state index contributed by atoms with van der Waals surface area (Å²) >= 11 is 0. The Labute approximate surface area is 640 Å². The highest BCUT2D eigenvalue weighted by atomic mass is 15.0. The van der Waals surface area contributed by atoms with Crippen LogP contribution in [0, 0.1) is 6.85 Å². The molecule has 2 aliphatic rings. The molecule has 0 saturated carbocycles. The lowest BCUT2D eigenvalue weighted by atomic mass is 9.94. The monoisotopic (exact) mass is 1390 g/mol. The molecule has 0 bridgehead atoms. The molecule has 0 fully saturated rings. The van der Waals surface area contributed by atoms with Crippen molar-refractivity contribution in [2.75, 3.05) is 0 Å². The Bertz CT molecular complexity index is 7980. The standard InChI is InChI=1S/C53H34N2.C52H32N2/c1-33-20-24-37(25-21-33)54-49-18-6-4-14-42(49)47-31-34(22-28-51(47)54)35-23-29-52-48(32-35)43-15-5-7-19-50(43)55(52)38-11-8-10-36(30-38)39-26-27-46-41-13-3-2-12-40(41)45-17-9-16-44(39)53(45)46;1-2-13-36(14-3-1)53-48-22-8-6-18-41(48)46-31-33(24-28-50(46)53)34-25-29-51-47(32-34)42-19-7-9-23-49(42)54(51)37-15-10-12-35(30-37)38-26-27-45-40-17-5-4-16-39(40)44-21-11-20-43(38)52(44)45/h2-32H,1H3;1-32H/i1D3;1D,2D,3D,13D,14D. The molecule has 0 N–H and O–H groups in total. The van der Waals surface area contributed by atoms with Gasteiger partial charge in [0.2, 0.25) is 0 Å². The molecule has 506 valence electrons. The lowest BCUT2D eigenvalue weighted by Gasteiger charge is -2.13. The summed E-state index contributed by atoms with van der Waals surface area (Å²) in [5, 5.41) is 14.1. The lowest BCUT2D eigenvalue weighted by Crippen LogP contribution is -1.94. The second kappa shape index (κ2) is 23.9. The average Bonchev–Trinajstić information content (AvgIpc) is 1.61. The third-order valence-corrected chi connectivity index (χ3v) is 23.1. The van der Waals surface area contributed by atoms with Crippen LogP contribution in [0.25, 0.3) is 221 Å². The minimum absolute atomic E-state index is 0.146. The van der Waals surface area contributed by atoms with Crippen LogP contribution >= 0.6 is 0 Å². The van der Waals surface area contributed by atoms with Crippen LogP contribution in [0.5, 0.6) is 0 Å². The van der Waals surface area contributed by atoms with Crippen LogP contribution in [0.15, 0.2) is 382 Å². The predicted molar refractivity (Wildman–Crippen MR) is 461 cm³/mol. The van der Waals surface area contributed by atoms with Crippen molar-refractivity contribution in [3.8, 4) is 112 Å². The first-order valence-electron chi connectivity index (χ1n) is 41.1. The van der Waals surface area contributed by atoms with E-state index in [9.17, 15) is 0 Å². The van der Waals surface area contributed by atoms with E-state index in [4.69, 9.17) is 11.0 Å². The molecule has 0 radical (unpaired) electrons. The van der Waals surface area contributed by atoms with Crippen molar-refractivity contribution in [2.45, 2.75) is 6.85 Å². The number of fused-ring (bicyclic) bond motifs is 18. The summed E-state index contributed by atoms with van der Waals surface area (Å²) in [5.74, 6) is 0. The van der Waals surface area contributed by atoms with E-state index in [-0.39, 0.29) is 29.9 Å². The molecular formula is C105H66N4. The largest absolute Gasteiger partial charge is 0.309 e. The van der Waals surface area contributed by atoms with Crippen molar-refractivity contribution < 1.29 is 11.0 Å². The van der Waals surface area contributed by atoms with Crippen LogP contribution in [0.3, 0.4) is 0 Å². The molecular weight excluding hydrogens is 1320 g/mol. The number of rotatable bonds is 8. The minimum Gasteiger partial charge on any atom is -0.309 e. The zero-order valence-electron chi connectivity index (χ0n) is 66.8. The SMILES string of the molecule is [2H]C([2H])([2H])c1ccc(-n2c3ccccc3c3cc(-c4ccc5c(c4)c4ccccc4n5-c4cccc(-c5ccc6c7c(cccc57)-c5ccccc5-6)c4)ccc32)cc1.[2H]c1c([2H])c([2H])c(-n2c3ccccc3c3cc(-c4ccc5c(c4)c4ccccc4n5-c4cccc(-c5ccc6c7c(cccc57)-c5ccccc5-6)c4)ccc32)c([2H])c1[2H]. The number of aryl methyl sites for hydroxylation is 1. The van der Waals surface area contributed by atoms with Crippen molar-refractivity contribution >= 4 is 109 Å². The molecule has 0 amide bonds. The van der Waals surface area contributed by atoms with Gasteiger partial charge >= 0.3 is 0 Å². The van der Waals surface area contributed by atoms with Gasteiger partial charge in [0.1, 0.15) is 0 Å². The van der Waals surface area contributed by atoms with Crippen LogP contribution in [0.4, 0.5) is 0 Å².